The lowest BCUT2D eigenvalue weighted by molar-refractivity contribution is 0.0772. The van der Waals surface area contributed by atoms with Gasteiger partial charge in [-0.15, -0.1) is 0 Å². The molecule has 0 N–H and O–H groups in total. The van der Waals surface area contributed by atoms with Crippen molar-refractivity contribution in [2.24, 2.45) is 0 Å². The van der Waals surface area contributed by atoms with Crippen LogP contribution in [0.2, 0.25) is 0 Å². The quantitative estimate of drug-likeness (QED) is 0.662. The Morgan fingerprint density at radius 3 is 2.83 bits per heavy atom. The fourth-order valence-corrected chi connectivity index (χ4v) is 3.25. The predicted molar refractivity (Wildman–Crippen MR) is 105 cm³/mol. The summed E-state index contributed by atoms with van der Waals surface area (Å²) >= 11 is 0. The van der Waals surface area contributed by atoms with Crippen LogP contribution in [0.4, 0.5) is 0 Å². The molecule has 1 amide bonds. The summed E-state index contributed by atoms with van der Waals surface area (Å²) in [5.41, 5.74) is 0.0888. The molecule has 0 aliphatic carbocycles. The highest BCUT2D eigenvalue weighted by Crippen LogP contribution is 2.23. The third kappa shape index (κ3) is 4.63. The standard InChI is InChI=1S/C22H20N2O5/c1-15-11-19(13-21(25)27-15)28-18-8-10-24(14-18)22(26)16-5-4-6-17(12-16)29-20-7-2-3-9-23-20/h2-7,9,11-13,18H,8,10,14H2,1H3. The maximum absolute atomic E-state index is 12.9. The van der Waals surface area contributed by atoms with Crippen molar-refractivity contribution >= 4 is 5.91 Å². The molecule has 2 aromatic heterocycles. The van der Waals surface area contributed by atoms with E-state index >= 15 is 0 Å². The van der Waals surface area contributed by atoms with Gasteiger partial charge in [-0.2, -0.15) is 0 Å². The van der Waals surface area contributed by atoms with E-state index in [1.165, 1.54) is 6.07 Å². The average molecular weight is 392 g/mol. The third-order valence-electron chi connectivity index (χ3n) is 4.54. The highest BCUT2D eigenvalue weighted by atomic mass is 16.5. The number of aromatic nitrogens is 1. The summed E-state index contributed by atoms with van der Waals surface area (Å²) in [5.74, 6) is 1.88. The fourth-order valence-electron chi connectivity index (χ4n) is 3.25. The molecule has 1 unspecified atom stereocenters. The summed E-state index contributed by atoms with van der Waals surface area (Å²) < 4.78 is 16.5. The molecule has 0 saturated carbocycles. The number of amides is 1. The second kappa shape index (κ2) is 8.18. The van der Waals surface area contributed by atoms with Gasteiger partial charge >= 0.3 is 5.63 Å². The Bertz CT molecular complexity index is 1060. The Kier molecular flexibility index (Phi) is 5.29. The highest BCUT2D eigenvalue weighted by molar-refractivity contribution is 5.94. The predicted octanol–water partition coefficient (Wildman–Crippen LogP) is 3.43. The number of carbonyl (C=O) groups is 1. The molecule has 29 heavy (non-hydrogen) atoms. The Morgan fingerprint density at radius 2 is 2.03 bits per heavy atom. The van der Waals surface area contributed by atoms with Gasteiger partial charge in [0.05, 0.1) is 12.6 Å². The van der Waals surface area contributed by atoms with E-state index in [-0.39, 0.29) is 12.0 Å². The summed E-state index contributed by atoms with van der Waals surface area (Å²) in [5, 5.41) is 0. The van der Waals surface area contributed by atoms with Gasteiger partial charge in [0.2, 0.25) is 5.88 Å². The SMILES string of the molecule is Cc1cc(OC2CCN(C(=O)c3cccc(Oc4ccccn4)c3)C2)cc(=O)o1. The van der Waals surface area contributed by atoms with Gasteiger partial charge in [0.15, 0.2) is 0 Å². The van der Waals surface area contributed by atoms with E-state index in [2.05, 4.69) is 4.98 Å². The topological polar surface area (TPSA) is 81.9 Å². The second-order valence-corrected chi connectivity index (χ2v) is 6.80. The molecule has 0 spiro atoms. The van der Waals surface area contributed by atoms with Gasteiger partial charge in [-0.1, -0.05) is 12.1 Å². The monoisotopic (exact) mass is 392 g/mol. The first kappa shape index (κ1) is 18.7. The van der Waals surface area contributed by atoms with Crippen LogP contribution in [0.3, 0.4) is 0 Å². The lowest BCUT2D eigenvalue weighted by Crippen LogP contribution is -2.31. The zero-order valence-electron chi connectivity index (χ0n) is 15.9. The van der Waals surface area contributed by atoms with Crippen LogP contribution in [-0.2, 0) is 0 Å². The Labute approximate surface area is 167 Å². The minimum absolute atomic E-state index is 0.0914. The van der Waals surface area contributed by atoms with Crippen LogP contribution in [0.1, 0.15) is 22.5 Å². The third-order valence-corrected chi connectivity index (χ3v) is 4.54. The number of aryl methyl sites for hydroxylation is 1. The molecule has 0 radical (unpaired) electrons. The highest BCUT2D eigenvalue weighted by Gasteiger charge is 2.28. The van der Waals surface area contributed by atoms with Crippen LogP contribution < -0.4 is 15.1 Å². The van der Waals surface area contributed by atoms with E-state index in [0.717, 1.165) is 0 Å². The van der Waals surface area contributed by atoms with E-state index in [1.807, 2.05) is 12.1 Å². The molecule has 1 saturated heterocycles. The zero-order valence-corrected chi connectivity index (χ0v) is 15.9. The summed E-state index contributed by atoms with van der Waals surface area (Å²) in [7, 11) is 0. The molecule has 1 aliphatic rings. The molecule has 1 atom stereocenters. The molecule has 3 heterocycles. The zero-order chi connectivity index (χ0) is 20.2. The molecule has 7 heteroatoms. The van der Waals surface area contributed by atoms with Crippen LogP contribution in [0.5, 0.6) is 17.4 Å². The van der Waals surface area contributed by atoms with Crippen molar-refractivity contribution in [2.45, 2.75) is 19.4 Å². The van der Waals surface area contributed by atoms with Crippen LogP contribution in [0.25, 0.3) is 0 Å². The van der Waals surface area contributed by atoms with Gasteiger partial charge in [-0.3, -0.25) is 4.79 Å². The maximum Gasteiger partial charge on any atom is 0.339 e. The van der Waals surface area contributed by atoms with Crippen LogP contribution in [0.15, 0.2) is 70.0 Å². The number of pyridine rings is 1. The molecule has 4 rings (SSSR count). The van der Waals surface area contributed by atoms with Crippen molar-refractivity contribution in [1.29, 1.82) is 0 Å². The first-order valence-corrected chi connectivity index (χ1v) is 9.33. The van der Waals surface area contributed by atoms with Crippen LogP contribution in [0, 0.1) is 6.92 Å². The van der Waals surface area contributed by atoms with Crippen molar-refractivity contribution in [3.05, 3.63) is 82.5 Å². The first-order chi connectivity index (χ1) is 14.1. The minimum Gasteiger partial charge on any atom is -0.488 e. The van der Waals surface area contributed by atoms with Gasteiger partial charge < -0.3 is 18.8 Å². The average Bonchev–Trinajstić information content (AvgIpc) is 3.16. The summed E-state index contributed by atoms with van der Waals surface area (Å²) in [6.07, 6.45) is 2.16. The van der Waals surface area contributed by atoms with Crippen LogP contribution >= 0.6 is 0 Å². The first-order valence-electron chi connectivity index (χ1n) is 9.33. The number of rotatable bonds is 5. The summed E-state index contributed by atoms with van der Waals surface area (Å²) in [6.45, 7) is 2.72. The van der Waals surface area contributed by atoms with Gasteiger partial charge in [0.1, 0.15) is 23.4 Å². The van der Waals surface area contributed by atoms with E-state index in [9.17, 15) is 9.59 Å². The molecule has 148 valence electrons. The molecular formula is C22H20N2O5. The lowest BCUT2D eigenvalue weighted by Gasteiger charge is -2.17. The van der Waals surface area contributed by atoms with Crippen LogP contribution in [-0.4, -0.2) is 35.0 Å². The molecule has 1 aromatic carbocycles. The largest absolute Gasteiger partial charge is 0.488 e. The normalized spacial score (nSPS) is 15.9. The molecule has 7 nitrogen and oxygen atoms in total. The van der Waals surface area contributed by atoms with Gasteiger partial charge in [-0.25, -0.2) is 9.78 Å². The number of benzene rings is 1. The van der Waals surface area contributed by atoms with Gasteiger partial charge in [-0.05, 0) is 31.2 Å². The fraction of sp³-hybridized carbons (Fsp3) is 0.227. The molecule has 3 aromatic rings. The van der Waals surface area contributed by atoms with Crippen molar-refractivity contribution < 1.29 is 18.7 Å². The van der Waals surface area contributed by atoms with E-state index < -0.39 is 5.63 Å². The Hall–Kier alpha value is -3.61. The van der Waals surface area contributed by atoms with E-state index in [4.69, 9.17) is 13.9 Å². The Morgan fingerprint density at radius 1 is 1.14 bits per heavy atom. The van der Waals surface area contributed by atoms with Gasteiger partial charge in [0, 0.05) is 36.9 Å². The smallest absolute Gasteiger partial charge is 0.339 e. The van der Waals surface area contributed by atoms with E-state index in [0.29, 0.717) is 48.2 Å². The second-order valence-electron chi connectivity index (χ2n) is 6.80. The minimum atomic E-state index is -0.448. The molecular weight excluding hydrogens is 372 g/mol. The van der Waals surface area contributed by atoms with Gasteiger partial charge in [0.25, 0.3) is 5.91 Å². The number of nitrogens with zero attached hydrogens (tertiary/aromatic N) is 2. The summed E-state index contributed by atoms with van der Waals surface area (Å²) in [6, 6.07) is 15.4. The number of ether oxygens (including phenoxy) is 2. The lowest BCUT2D eigenvalue weighted by atomic mass is 10.2. The van der Waals surface area contributed by atoms with Crippen molar-refractivity contribution in [2.75, 3.05) is 13.1 Å². The number of likely N-dealkylation sites (tertiary alicyclic amines) is 1. The molecule has 0 bridgehead atoms. The number of hydrogen-bond donors (Lipinski definition) is 0. The van der Waals surface area contributed by atoms with Crippen molar-refractivity contribution in [3.63, 3.8) is 0 Å². The molecule has 1 fully saturated rings. The van der Waals surface area contributed by atoms with E-state index in [1.54, 1.807) is 54.4 Å². The van der Waals surface area contributed by atoms with Crippen molar-refractivity contribution in [1.82, 2.24) is 9.88 Å². The number of carbonyl (C=O) groups excluding carboxylic acids is 1. The summed E-state index contributed by atoms with van der Waals surface area (Å²) in [4.78, 5) is 30.2. The van der Waals surface area contributed by atoms with Crippen molar-refractivity contribution in [3.8, 4) is 17.4 Å². The Balaban J connectivity index is 1.41. The maximum atomic E-state index is 12.9. The molecule has 1 aliphatic heterocycles. The number of hydrogen-bond acceptors (Lipinski definition) is 6.